The van der Waals surface area contributed by atoms with Crippen LogP contribution in [-0.2, 0) is 4.74 Å². The molecule has 0 radical (unpaired) electrons. The molecule has 2 rings (SSSR count). The van der Waals surface area contributed by atoms with Gasteiger partial charge in [-0.15, -0.1) is 0 Å². The molecule has 100 valence electrons. The Hall–Kier alpha value is -1.13. The molecule has 3 nitrogen and oxygen atoms in total. The molecular formula is C14H19FO3. The zero-order valence-corrected chi connectivity index (χ0v) is 10.6. The van der Waals surface area contributed by atoms with Gasteiger partial charge in [0.2, 0.25) is 0 Å². The van der Waals surface area contributed by atoms with Gasteiger partial charge in [-0.05, 0) is 37.3 Å². The van der Waals surface area contributed by atoms with Crippen molar-refractivity contribution in [3.8, 4) is 5.75 Å². The van der Waals surface area contributed by atoms with E-state index in [9.17, 15) is 9.50 Å². The first-order chi connectivity index (χ1) is 8.72. The summed E-state index contributed by atoms with van der Waals surface area (Å²) in [7, 11) is 1.49. The average Bonchev–Trinajstić information content (AvgIpc) is 2.39. The van der Waals surface area contributed by atoms with Crippen LogP contribution in [0.4, 0.5) is 4.39 Å². The van der Waals surface area contributed by atoms with Crippen LogP contribution >= 0.6 is 0 Å². The van der Waals surface area contributed by atoms with E-state index < -0.39 is 11.9 Å². The molecule has 1 saturated heterocycles. The molecule has 0 aromatic heterocycles. The van der Waals surface area contributed by atoms with Crippen molar-refractivity contribution in [2.75, 3.05) is 20.3 Å². The number of aliphatic hydroxyl groups is 1. The normalized spacial score (nSPS) is 18.6. The Balaban J connectivity index is 2.09. The molecule has 1 atom stereocenters. The highest BCUT2D eigenvalue weighted by Crippen LogP contribution is 2.33. The van der Waals surface area contributed by atoms with E-state index in [1.807, 2.05) is 0 Å². The van der Waals surface area contributed by atoms with Crippen molar-refractivity contribution in [1.82, 2.24) is 0 Å². The van der Waals surface area contributed by atoms with Gasteiger partial charge in [-0.3, -0.25) is 0 Å². The van der Waals surface area contributed by atoms with Crippen LogP contribution in [0.3, 0.4) is 0 Å². The first-order valence-electron chi connectivity index (χ1n) is 6.30. The highest BCUT2D eigenvalue weighted by molar-refractivity contribution is 5.36. The smallest absolute Gasteiger partial charge is 0.132 e. The minimum atomic E-state index is -0.816. The molecule has 1 fully saturated rings. The van der Waals surface area contributed by atoms with Gasteiger partial charge < -0.3 is 14.6 Å². The van der Waals surface area contributed by atoms with Gasteiger partial charge in [0, 0.05) is 13.2 Å². The standard InChI is InChI=1S/C14H19FO3/c1-17-13-4-2-3-11(15)14(13)12(16)9-10-5-7-18-8-6-10/h2-4,10,12,16H,5-9H2,1H3. The lowest BCUT2D eigenvalue weighted by atomic mass is 9.90. The first-order valence-corrected chi connectivity index (χ1v) is 6.30. The van der Waals surface area contributed by atoms with Crippen molar-refractivity contribution in [2.24, 2.45) is 5.92 Å². The molecule has 1 aromatic rings. The number of ether oxygens (including phenoxy) is 2. The fourth-order valence-corrected chi connectivity index (χ4v) is 2.43. The monoisotopic (exact) mass is 254 g/mol. The van der Waals surface area contributed by atoms with Crippen LogP contribution in [0.2, 0.25) is 0 Å². The lowest BCUT2D eigenvalue weighted by Crippen LogP contribution is -2.18. The van der Waals surface area contributed by atoms with Gasteiger partial charge in [-0.1, -0.05) is 6.07 Å². The van der Waals surface area contributed by atoms with Crippen molar-refractivity contribution in [3.63, 3.8) is 0 Å². The third kappa shape index (κ3) is 3.00. The van der Waals surface area contributed by atoms with Gasteiger partial charge in [0.05, 0.1) is 18.8 Å². The summed E-state index contributed by atoms with van der Waals surface area (Å²) in [5.74, 6) is 0.390. The van der Waals surface area contributed by atoms with E-state index in [2.05, 4.69) is 0 Å². The van der Waals surface area contributed by atoms with Crippen LogP contribution in [0.5, 0.6) is 5.75 Å². The highest BCUT2D eigenvalue weighted by Gasteiger charge is 2.23. The van der Waals surface area contributed by atoms with Crippen molar-refractivity contribution >= 4 is 0 Å². The Labute approximate surface area is 107 Å². The third-order valence-electron chi connectivity index (χ3n) is 3.46. The van der Waals surface area contributed by atoms with E-state index in [1.54, 1.807) is 12.1 Å². The number of aliphatic hydroxyl groups excluding tert-OH is 1. The first kappa shape index (κ1) is 13.3. The van der Waals surface area contributed by atoms with Crippen molar-refractivity contribution < 1.29 is 19.0 Å². The summed E-state index contributed by atoms with van der Waals surface area (Å²) in [4.78, 5) is 0. The minimum absolute atomic E-state index is 0.270. The van der Waals surface area contributed by atoms with E-state index in [0.717, 1.165) is 26.1 Å². The number of hydrogen-bond acceptors (Lipinski definition) is 3. The molecule has 1 heterocycles. The quantitative estimate of drug-likeness (QED) is 0.897. The summed E-state index contributed by atoms with van der Waals surface area (Å²) in [5, 5.41) is 10.2. The molecular weight excluding hydrogens is 235 g/mol. The molecule has 1 aliphatic rings. The van der Waals surface area contributed by atoms with Crippen molar-refractivity contribution in [2.45, 2.75) is 25.4 Å². The van der Waals surface area contributed by atoms with Crippen molar-refractivity contribution in [3.05, 3.63) is 29.6 Å². The van der Waals surface area contributed by atoms with E-state index >= 15 is 0 Å². The van der Waals surface area contributed by atoms with Crippen LogP contribution in [-0.4, -0.2) is 25.4 Å². The molecule has 1 aromatic carbocycles. The number of methoxy groups -OCH3 is 1. The maximum atomic E-state index is 13.8. The van der Waals surface area contributed by atoms with Crippen LogP contribution in [0.25, 0.3) is 0 Å². The Morgan fingerprint density at radius 3 is 2.83 bits per heavy atom. The summed E-state index contributed by atoms with van der Waals surface area (Å²) in [6.07, 6.45) is 1.59. The van der Waals surface area contributed by atoms with Gasteiger partial charge >= 0.3 is 0 Å². The summed E-state index contributed by atoms with van der Waals surface area (Å²) in [5.41, 5.74) is 0.270. The van der Waals surface area contributed by atoms with Crippen LogP contribution < -0.4 is 4.74 Å². The molecule has 0 saturated carbocycles. The van der Waals surface area contributed by atoms with E-state index in [0.29, 0.717) is 18.1 Å². The van der Waals surface area contributed by atoms with E-state index in [1.165, 1.54) is 13.2 Å². The minimum Gasteiger partial charge on any atom is -0.496 e. The summed E-state index contributed by atoms with van der Waals surface area (Å²) in [6.45, 7) is 1.46. The largest absolute Gasteiger partial charge is 0.496 e. The SMILES string of the molecule is COc1cccc(F)c1C(O)CC1CCOCC1. The Morgan fingerprint density at radius 2 is 2.17 bits per heavy atom. The second-order valence-electron chi connectivity index (χ2n) is 4.66. The number of hydrogen-bond donors (Lipinski definition) is 1. The Bertz CT molecular complexity index is 389. The Kier molecular flexibility index (Phi) is 4.55. The number of halogens is 1. The summed E-state index contributed by atoms with van der Waals surface area (Å²) >= 11 is 0. The molecule has 1 aliphatic heterocycles. The second kappa shape index (κ2) is 6.16. The van der Waals surface area contributed by atoms with Crippen LogP contribution in [0, 0.1) is 11.7 Å². The maximum Gasteiger partial charge on any atom is 0.132 e. The van der Waals surface area contributed by atoms with Gasteiger partial charge in [-0.2, -0.15) is 0 Å². The molecule has 1 unspecified atom stereocenters. The summed E-state index contributed by atoms with van der Waals surface area (Å²) < 4.78 is 24.2. The average molecular weight is 254 g/mol. The third-order valence-corrected chi connectivity index (χ3v) is 3.46. The van der Waals surface area contributed by atoms with Gasteiger partial charge in [0.15, 0.2) is 0 Å². The van der Waals surface area contributed by atoms with E-state index in [4.69, 9.17) is 9.47 Å². The van der Waals surface area contributed by atoms with Gasteiger partial charge in [-0.25, -0.2) is 4.39 Å². The van der Waals surface area contributed by atoms with Crippen molar-refractivity contribution in [1.29, 1.82) is 0 Å². The van der Waals surface area contributed by atoms with Crippen LogP contribution in [0.15, 0.2) is 18.2 Å². The van der Waals surface area contributed by atoms with E-state index in [-0.39, 0.29) is 5.56 Å². The predicted molar refractivity (Wildman–Crippen MR) is 66.1 cm³/mol. The number of benzene rings is 1. The molecule has 0 amide bonds. The van der Waals surface area contributed by atoms with Gasteiger partial charge in [0.1, 0.15) is 11.6 Å². The molecule has 4 heteroatoms. The molecule has 18 heavy (non-hydrogen) atoms. The topological polar surface area (TPSA) is 38.7 Å². The molecule has 0 aliphatic carbocycles. The molecule has 0 bridgehead atoms. The van der Waals surface area contributed by atoms with Crippen LogP contribution in [0.1, 0.15) is 30.9 Å². The lowest BCUT2D eigenvalue weighted by molar-refractivity contribution is 0.0423. The molecule has 0 spiro atoms. The predicted octanol–water partition coefficient (Wildman–Crippen LogP) is 2.68. The fourth-order valence-electron chi connectivity index (χ4n) is 2.43. The lowest BCUT2D eigenvalue weighted by Gasteiger charge is -2.25. The summed E-state index contributed by atoms with van der Waals surface area (Å²) in [6, 6.07) is 4.61. The molecule has 1 N–H and O–H groups in total. The highest BCUT2D eigenvalue weighted by atomic mass is 19.1. The maximum absolute atomic E-state index is 13.8. The Morgan fingerprint density at radius 1 is 1.44 bits per heavy atom. The van der Waals surface area contributed by atoms with Gasteiger partial charge in [0.25, 0.3) is 0 Å². The fraction of sp³-hybridized carbons (Fsp3) is 0.571. The second-order valence-corrected chi connectivity index (χ2v) is 4.66. The zero-order chi connectivity index (χ0) is 13.0. The number of rotatable bonds is 4. The zero-order valence-electron chi connectivity index (χ0n) is 10.6.